The molecule has 6 heteroatoms. The summed E-state index contributed by atoms with van der Waals surface area (Å²) in [5.74, 6) is -1.85. The summed E-state index contributed by atoms with van der Waals surface area (Å²) in [7, 11) is 0. The normalized spacial score (nSPS) is 12.9. The van der Waals surface area contributed by atoms with Gasteiger partial charge in [-0.3, -0.25) is 0 Å². The van der Waals surface area contributed by atoms with Crippen molar-refractivity contribution in [2.24, 2.45) is 11.7 Å². The average Bonchev–Trinajstić information content (AvgIpc) is 2.28. The van der Waals surface area contributed by atoms with Gasteiger partial charge in [0.15, 0.2) is 5.92 Å². The van der Waals surface area contributed by atoms with Crippen molar-refractivity contribution >= 4 is 0 Å². The highest BCUT2D eigenvalue weighted by molar-refractivity contribution is 5.28. The van der Waals surface area contributed by atoms with Gasteiger partial charge in [-0.2, -0.15) is 18.4 Å². The molecule has 0 amide bonds. The van der Waals surface area contributed by atoms with Crippen LogP contribution in [0.3, 0.4) is 0 Å². The molecule has 0 fully saturated rings. The molecule has 1 unspecified atom stereocenters. The number of halogens is 3. The minimum absolute atomic E-state index is 0.275. The molecule has 2 N–H and O–H groups in total. The van der Waals surface area contributed by atoms with Crippen molar-refractivity contribution in [1.82, 2.24) is 0 Å². The van der Waals surface area contributed by atoms with E-state index < -0.39 is 18.7 Å². The van der Waals surface area contributed by atoms with E-state index in [1.807, 2.05) is 0 Å². The number of ether oxygens (including phenoxy) is 1. The van der Waals surface area contributed by atoms with Crippen LogP contribution in [0.4, 0.5) is 13.2 Å². The van der Waals surface area contributed by atoms with Gasteiger partial charge < -0.3 is 10.5 Å². The number of rotatable bonds is 4. The Bertz CT molecular complexity index is 412. The molecule has 1 aromatic carbocycles. The van der Waals surface area contributed by atoms with Crippen molar-refractivity contribution in [2.45, 2.75) is 12.7 Å². The molecular formula is C11H11F3N2O. The highest BCUT2D eigenvalue weighted by atomic mass is 19.4. The second-order valence-electron chi connectivity index (χ2n) is 3.39. The third-order valence-electron chi connectivity index (χ3n) is 2.10. The lowest BCUT2D eigenvalue weighted by molar-refractivity contribution is -0.165. The van der Waals surface area contributed by atoms with Crippen LogP contribution in [0.15, 0.2) is 24.3 Å². The summed E-state index contributed by atoms with van der Waals surface area (Å²) in [5.41, 5.74) is 6.13. The Morgan fingerprint density at radius 2 is 2.12 bits per heavy atom. The topological polar surface area (TPSA) is 59.0 Å². The van der Waals surface area contributed by atoms with Gasteiger partial charge in [-0.25, -0.2) is 0 Å². The molecule has 92 valence electrons. The second kappa shape index (κ2) is 5.55. The molecule has 0 aromatic heterocycles. The average molecular weight is 244 g/mol. The fraction of sp³-hybridized carbons (Fsp3) is 0.364. The number of hydrogen-bond donors (Lipinski definition) is 1. The van der Waals surface area contributed by atoms with E-state index in [0.717, 1.165) is 5.56 Å². The van der Waals surface area contributed by atoms with Crippen molar-refractivity contribution in [3.05, 3.63) is 29.8 Å². The predicted molar refractivity (Wildman–Crippen MR) is 55.0 cm³/mol. The fourth-order valence-corrected chi connectivity index (χ4v) is 1.15. The lowest BCUT2D eigenvalue weighted by atomic mass is 10.2. The summed E-state index contributed by atoms with van der Waals surface area (Å²) in [6, 6.07) is 7.60. The third kappa shape index (κ3) is 3.96. The van der Waals surface area contributed by atoms with E-state index in [1.54, 1.807) is 18.2 Å². The van der Waals surface area contributed by atoms with E-state index in [1.165, 1.54) is 12.1 Å². The Hall–Kier alpha value is -1.74. The molecule has 0 heterocycles. The summed E-state index contributed by atoms with van der Waals surface area (Å²) in [6.07, 6.45) is -4.57. The largest absolute Gasteiger partial charge is 0.492 e. The van der Waals surface area contributed by atoms with Crippen LogP contribution in [0, 0.1) is 17.2 Å². The minimum Gasteiger partial charge on any atom is -0.492 e. The molecule has 0 aliphatic carbocycles. The van der Waals surface area contributed by atoms with E-state index in [-0.39, 0.29) is 12.3 Å². The smallest absolute Gasteiger partial charge is 0.407 e. The molecule has 1 aromatic rings. The first kappa shape index (κ1) is 13.3. The number of nitriles is 1. The van der Waals surface area contributed by atoms with Gasteiger partial charge in [0.1, 0.15) is 12.4 Å². The van der Waals surface area contributed by atoms with Gasteiger partial charge in [0, 0.05) is 6.54 Å². The number of nitrogens with two attached hydrogens (primary N) is 1. The summed E-state index contributed by atoms with van der Waals surface area (Å²) in [6.45, 7) is -0.438. The Morgan fingerprint density at radius 1 is 1.41 bits per heavy atom. The van der Waals surface area contributed by atoms with Gasteiger partial charge in [-0.15, -0.1) is 0 Å². The number of nitrogens with zero attached hydrogens (tertiary/aromatic N) is 1. The SMILES string of the molecule is N#CC(COc1cccc(CN)c1)C(F)(F)F. The van der Waals surface area contributed by atoms with Crippen molar-refractivity contribution in [3.8, 4) is 11.8 Å². The second-order valence-corrected chi connectivity index (χ2v) is 3.39. The highest BCUT2D eigenvalue weighted by Gasteiger charge is 2.40. The summed E-state index contributed by atoms with van der Waals surface area (Å²) in [4.78, 5) is 0. The number of alkyl halides is 3. The molecule has 0 aliphatic heterocycles. The highest BCUT2D eigenvalue weighted by Crippen LogP contribution is 2.26. The zero-order valence-corrected chi connectivity index (χ0v) is 8.87. The number of benzene rings is 1. The quantitative estimate of drug-likeness (QED) is 0.883. The molecule has 0 saturated heterocycles. The molecule has 0 radical (unpaired) electrons. The monoisotopic (exact) mass is 244 g/mol. The van der Waals surface area contributed by atoms with Crippen LogP contribution in [-0.2, 0) is 6.54 Å². The van der Waals surface area contributed by atoms with Gasteiger partial charge in [-0.05, 0) is 17.7 Å². The van der Waals surface area contributed by atoms with Crippen molar-refractivity contribution in [1.29, 1.82) is 5.26 Å². The maximum absolute atomic E-state index is 12.2. The Morgan fingerprint density at radius 3 is 2.65 bits per heavy atom. The first-order valence-corrected chi connectivity index (χ1v) is 4.85. The first-order chi connectivity index (χ1) is 7.97. The predicted octanol–water partition coefficient (Wildman–Crippen LogP) is 2.23. The van der Waals surface area contributed by atoms with Gasteiger partial charge in [-0.1, -0.05) is 12.1 Å². The Labute approximate surface area is 96.6 Å². The van der Waals surface area contributed by atoms with Gasteiger partial charge in [0.05, 0.1) is 6.07 Å². The van der Waals surface area contributed by atoms with Crippen molar-refractivity contribution < 1.29 is 17.9 Å². The minimum atomic E-state index is -4.57. The Kier molecular flexibility index (Phi) is 4.35. The molecule has 0 bridgehead atoms. The molecule has 0 aliphatic rings. The molecule has 0 spiro atoms. The van der Waals surface area contributed by atoms with E-state index >= 15 is 0 Å². The molecular weight excluding hydrogens is 233 g/mol. The fourth-order valence-electron chi connectivity index (χ4n) is 1.15. The summed E-state index contributed by atoms with van der Waals surface area (Å²) < 4.78 is 41.7. The lowest BCUT2D eigenvalue weighted by Crippen LogP contribution is -2.27. The van der Waals surface area contributed by atoms with E-state index in [0.29, 0.717) is 0 Å². The zero-order chi connectivity index (χ0) is 12.9. The van der Waals surface area contributed by atoms with Gasteiger partial charge >= 0.3 is 6.18 Å². The summed E-state index contributed by atoms with van der Waals surface area (Å²) >= 11 is 0. The van der Waals surface area contributed by atoms with E-state index in [4.69, 9.17) is 15.7 Å². The summed E-state index contributed by atoms with van der Waals surface area (Å²) in [5, 5.41) is 8.37. The van der Waals surface area contributed by atoms with Gasteiger partial charge in [0.25, 0.3) is 0 Å². The van der Waals surface area contributed by atoms with Crippen LogP contribution in [0.2, 0.25) is 0 Å². The van der Waals surface area contributed by atoms with E-state index in [2.05, 4.69) is 0 Å². The molecule has 0 saturated carbocycles. The van der Waals surface area contributed by atoms with E-state index in [9.17, 15) is 13.2 Å². The number of hydrogen-bond acceptors (Lipinski definition) is 3. The van der Waals surface area contributed by atoms with Crippen LogP contribution in [0.5, 0.6) is 5.75 Å². The van der Waals surface area contributed by atoms with Crippen LogP contribution in [-0.4, -0.2) is 12.8 Å². The maximum atomic E-state index is 12.2. The molecule has 3 nitrogen and oxygen atoms in total. The molecule has 17 heavy (non-hydrogen) atoms. The zero-order valence-electron chi connectivity index (χ0n) is 8.87. The third-order valence-corrected chi connectivity index (χ3v) is 2.10. The lowest BCUT2D eigenvalue weighted by Gasteiger charge is -2.14. The van der Waals surface area contributed by atoms with Gasteiger partial charge in [0.2, 0.25) is 0 Å². The molecule has 1 atom stereocenters. The van der Waals surface area contributed by atoms with Crippen molar-refractivity contribution in [2.75, 3.05) is 6.61 Å². The van der Waals surface area contributed by atoms with Crippen LogP contribution >= 0.6 is 0 Å². The first-order valence-electron chi connectivity index (χ1n) is 4.85. The Balaban J connectivity index is 2.64. The van der Waals surface area contributed by atoms with Crippen molar-refractivity contribution in [3.63, 3.8) is 0 Å². The maximum Gasteiger partial charge on any atom is 0.407 e. The standard InChI is InChI=1S/C11H11F3N2O/c12-11(13,14)9(6-16)7-17-10-3-1-2-8(4-10)5-15/h1-4,9H,5,7,15H2. The molecule has 1 rings (SSSR count). The van der Waals surface area contributed by atoms with Crippen LogP contribution in [0.25, 0.3) is 0 Å². The van der Waals surface area contributed by atoms with Crippen LogP contribution in [0.1, 0.15) is 5.56 Å². The van der Waals surface area contributed by atoms with Crippen LogP contribution < -0.4 is 10.5 Å².